The van der Waals surface area contributed by atoms with Crippen LogP contribution in [0.1, 0.15) is 19.5 Å². The zero-order valence-electron chi connectivity index (χ0n) is 8.39. The Hall–Kier alpha value is -0.950. The Balaban J connectivity index is 3.14. The Morgan fingerprint density at radius 1 is 1.29 bits per heavy atom. The van der Waals surface area contributed by atoms with Gasteiger partial charge in [-0.3, -0.25) is 0 Å². The van der Waals surface area contributed by atoms with Crippen molar-refractivity contribution < 1.29 is 13.0 Å². The van der Waals surface area contributed by atoms with Crippen molar-refractivity contribution in [2.24, 2.45) is 0 Å². The van der Waals surface area contributed by atoms with Crippen LogP contribution in [-0.2, 0) is 10.0 Å². The molecular weight excluding hydrogens is 206 g/mol. The minimum absolute atomic E-state index is 0.0961. The molecule has 0 aliphatic rings. The minimum atomic E-state index is -3.52. The van der Waals surface area contributed by atoms with Crippen LogP contribution in [0.15, 0.2) is 9.65 Å². The van der Waals surface area contributed by atoms with E-state index in [1.54, 1.807) is 20.8 Å². The highest BCUT2D eigenvalue weighted by molar-refractivity contribution is 7.89. The molecule has 1 heterocycles. The number of hydrogen-bond acceptors (Lipinski definition) is 5. The number of hydrogen-bond donors (Lipinski definition) is 0. The molecule has 6 nitrogen and oxygen atoms in total. The Morgan fingerprint density at radius 3 is 2.21 bits per heavy atom. The second-order valence-corrected chi connectivity index (χ2v) is 4.60. The number of sulfonamides is 1. The second kappa shape index (κ2) is 4.05. The molecule has 0 N–H and O–H groups in total. The molecule has 0 saturated carbocycles. The maximum Gasteiger partial charge on any atom is 0.265 e. The van der Waals surface area contributed by atoms with Gasteiger partial charge < -0.3 is 0 Å². The molecule has 7 heteroatoms. The standard InChI is InChI=1S/C7H13N3O3S/c1-4-10(5-2)14(11,12)7-6(3)8-13-9-7/h4-5H2,1-3H3. The van der Waals surface area contributed by atoms with Gasteiger partial charge in [0.05, 0.1) is 0 Å². The lowest BCUT2D eigenvalue weighted by atomic mass is 10.6. The van der Waals surface area contributed by atoms with Crippen LogP contribution in [0.3, 0.4) is 0 Å². The second-order valence-electron chi connectivity index (χ2n) is 2.74. The van der Waals surface area contributed by atoms with Crippen LogP contribution >= 0.6 is 0 Å². The highest BCUT2D eigenvalue weighted by atomic mass is 32.2. The molecular formula is C7H13N3O3S. The van der Waals surface area contributed by atoms with Gasteiger partial charge in [0.15, 0.2) is 0 Å². The van der Waals surface area contributed by atoms with Crippen LogP contribution in [0.2, 0.25) is 0 Å². The predicted molar refractivity (Wildman–Crippen MR) is 49.1 cm³/mol. The molecule has 0 unspecified atom stereocenters. The Bertz CT molecular complexity index is 394. The van der Waals surface area contributed by atoms with E-state index in [0.717, 1.165) is 0 Å². The average molecular weight is 219 g/mol. The lowest BCUT2D eigenvalue weighted by Gasteiger charge is -2.15. The van der Waals surface area contributed by atoms with Crippen LogP contribution < -0.4 is 0 Å². The topological polar surface area (TPSA) is 76.3 Å². The van der Waals surface area contributed by atoms with Gasteiger partial charge in [0.25, 0.3) is 10.0 Å². The zero-order chi connectivity index (χ0) is 10.8. The molecule has 0 spiro atoms. The van der Waals surface area contributed by atoms with Crippen molar-refractivity contribution >= 4 is 10.0 Å². The molecule has 0 bridgehead atoms. The largest absolute Gasteiger partial charge is 0.265 e. The van der Waals surface area contributed by atoms with E-state index in [9.17, 15) is 8.42 Å². The van der Waals surface area contributed by atoms with E-state index in [4.69, 9.17) is 0 Å². The van der Waals surface area contributed by atoms with Crippen molar-refractivity contribution in [3.05, 3.63) is 5.69 Å². The first-order valence-electron chi connectivity index (χ1n) is 4.33. The third-order valence-electron chi connectivity index (χ3n) is 1.90. The first-order chi connectivity index (χ1) is 6.54. The molecule has 0 atom stereocenters. The van der Waals surface area contributed by atoms with Crippen LogP contribution in [0, 0.1) is 6.92 Å². The number of aromatic nitrogens is 2. The summed E-state index contributed by atoms with van der Waals surface area (Å²) in [4.78, 5) is 0. The SMILES string of the molecule is CCN(CC)S(=O)(=O)c1nonc1C. The summed E-state index contributed by atoms with van der Waals surface area (Å²) >= 11 is 0. The molecule has 0 aliphatic carbocycles. The first kappa shape index (κ1) is 11.1. The third-order valence-corrected chi connectivity index (χ3v) is 3.96. The fourth-order valence-electron chi connectivity index (χ4n) is 1.14. The van der Waals surface area contributed by atoms with Gasteiger partial charge in [-0.15, -0.1) is 0 Å². The summed E-state index contributed by atoms with van der Waals surface area (Å²) in [5.41, 5.74) is 0.289. The van der Waals surface area contributed by atoms with Gasteiger partial charge in [-0.2, -0.15) is 4.31 Å². The molecule has 0 saturated heterocycles. The number of aryl methyl sites for hydroxylation is 1. The maximum atomic E-state index is 11.8. The van der Waals surface area contributed by atoms with E-state index < -0.39 is 10.0 Å². The molecule has 0 aliphatic heterocycles. The van der Waals surface area contributed by atoms with Crippen molar-refractivity contribution in [1.82, 2.24) is 14.6 Å². The quantitative estimate of drug-likeness (QED) is 0.733. The average Bonchev–Trinajstić information content (AvgIpc) is 2.53. The molecule has 0 aromatic carbocycles. The normalized spacial score (nSPS) is 12.3. The highest BCUT2D eigenvalue weighted by Crippen LogP contribution is 2.14. The van der Waals surface area contributed by atoms with E-state index in [1.807, 2.05) is 0 Å². The molecule has 0 amide bonds. The molecule has 1 aromatic rings. The fourth-order valence-corrected chi connectivity index (χ4v) is 2.61. The summed E-state index contributed by atoms with van der Waals surface area (Å²) in [7, 11) is -3.52. The molecule has 80 valence electrons. The predicted octanol–water partition coefficient (Wildman–Crippen LogP) is 0.409. The van der Waals surface area contributed by atoms with Crippen molar-refractivity contribution in [2.75, 3.05) is 13.1 Å². The monoisotopic (exact) mass is 219 g/mol. The summed E-state index contributed by atoms with van der Waals surface area (Å²) < 4.78 is 29.3. The van der Waals surface area contributed by atoms with E-state index in [2.05, 4.69) is 14.9 Å². The van der Waals surface area contributed by atoms with Gasteiger partial charge in [0, 0.05) is 13.1 Å². The van der Waals surface area contributed by atoms with Gasteiger partial charge >= 0.3 is 0 Å². The van der Waals surface area contributed by atoms with Crippen LogP contribution in [0.25, 0.3) is 0 Å². The van der Waals surface area contributed by atoms with Crippen molar-refractivity contribution in [3.63, 3.8) is 0 Å². The Morgan fingerprint density at radius 2 is 1.86 bits per heavy atom. The van der Waals surface area contributed by atoms with E-state index in [-0.39, 0.29) is 10.7 Å². The Kier molecular flexibility index (Phi) is 3.22. The minimum Gasteiger partial charge on any atom is -0.243 e. The maximum absolute atomic E-state index is 11.8. The summed E-state index contributed by atoms with van der Waals surface area (Å²) in [6.07, 6.45) is 0. The van der Waals surface area contributed by atoms with Gasteiger partial charge in [-0.05, 0) is 12.1 Å². The molecule has 14 heavy (non-hydrogen) atoms. The highest BCUT2D eigenvalue weighted by Gasteiger charge is 2.27. The zero-order valence-corrected chi connectivity index (χ0v) is 9.21. The summed E-state index contributed by atoms with van der Waals surface area (Å²) in [5.74, 6) is 0. The third kappa shape index (κ3) is 1.78. The van der Waals surface area contributed by atoms with Crippen LogP contribution in [-0.4, -0.2) is 36.1 Å². The molecule has 0 radical (unpaired) electrons. The van der Waals surface area contributed by atoms with Crippen LogP contribution in [0.5, 0.6) is 0 Å². The van der Waals surface area contributed by atoms with Crippen LogP contribution in [0.4, 0.5) is 0 Å². The Labute approximate surface area is 82.9 Å². The van der Waals surface area contributed by atoms with Crippen molar-refractivity contribution in [1.29, 1.82) is 0 Å². The number of nitrogens with zero attached hydrogens (tertiary/aromatic N) is 3. The van der Waals surface area contributed by atoms with Crippen molar-refractivity contribution in [3.8, 4) is 0 Å². The lowest BCUT2D eigenvalue weighted by molar-refractivity contribution is 0.294. The van der Waals surface area contributed by atoms with Gasteiger partial charge in [-0.1, -0.05) is 19.0 Å². The van der Waals surface area contributed by atoms with E-state index >= 15 is 0 Å². The van der Waals surface area contributed by atoms with Crippen molar-refractivity contribution in [2.45, 2.75) is 25.8 Å². The first-order valence-corrected chi connectivity index (χ1v) is 5.77. The smallest absolute Gasteiger partial charge is 0.243 e. The van der Waals surface area contributed by atoms with Gasteiger partial charge in [-0.25, -0.2) is 13.0 Å². The summed E-state index contributed by atoms with van der Waals surface area (Å²) in [6, 6.07) is 0. The summed E-state index contributed by atoms with van der Waals surface area (Å²) in [6.45, 7) is 5.90. The van der Waals surface area contributed by atoms with E-state index in [1.165, 1.54) is 4.31 Å². The molecule has 0 fully saturated rings. The number of rotatable bonds is 4. The molecule has 1 rings (SSSR count). The lowest BCUT2D eigenvalue weighted by Crippen LogP contribution is -2.31. The van der Waals surface area contributed by atoms with Gasteiger partial charge in [0.1, 0.15) is 5.69 Å². The van der Waals surface area contributed by atoms with E-state index in [0.29, 0.717) is 13.1 Å². The fraction of sp³-hybridized carbons (Fsp3) is 0.714. The van der Waals surface area contributed by atoms with Gasteiger partial charge in [0.2, 0.25) is 5.03 Å². The molecule has 1 aromatic heterocycles. The summed E-state index contributed by atoms with van der Waals surface area (Å²) in [5, 5.41) is 6.73.